The van der Waals surface area contributed by atoms with Crippen molar-refractivity contribution in [3.8, 4) is 0 Å². The van der Waals surface area contributed by atoms with Gasteiger partial charge in [0.25, 0.3) is 0 Å². The summed E-state index contributed by atoms with van der Waals surface area (Å²) in [6, 6.07) is -0.103. The molecule has 2 N–H and O–H groups in total. The summed E-state index contributed by atoms with van der Waals surface area (Å²) in [5.74, 6) is 0.176. The minimum absolute atomic E-state index is 0.0348. The van der Waals surface area contributed by atoms with Crippen LogP contribution in [0.5, 0.6) is 0 Å². The maximum atomic E-state index is 12.4. The van der Waals surface area contributed by atoms with Crippen LogP contribution in [-0.4, -0.2) is 41.1 Å². The number of carbonyl (C=O) groups is 2. The quantitative estimate of drug-likeness (QED) is 0.787. The Bertz CT molecular complexity index is 348. The number of hydrogen-bond donors (Lipinski definition) is 2. The Morgan fingerprint density at radius 3 is 2.33 bits per heavy atom. The minimum Gasteiger partial charge on any atom is -0.465 e. The Hall–Kier alpha value is -1.26. The molecular weight excluding hydrogens is 232 g/mol. The monoisotopic (exact) mass is 254 g/mol. The van der Waals surface area contributed by atoms with Crippen LogP contribution < -0.4 is 5.32 Å². The van der Waals surface area contributed by atoms with Crippen molar-refractivity contribution in [3.63, 3.8) is 0 Å². The van der Waals surface area contributed by atoms with E-state index in [1.165, 1.54) is 6.42 Å². The molecule has 1 aliphatic carbocycles. The molecule has 2 amide bonds. The summed E-state index contributed by atoms with van der Waals surface area (Å²) in [4.78, 5) is 25.0. The SMILES string of the molecule is CC1(C)[C@@H](C(=O)N2CCCCC2)C[C@H]1NC(=O)O. The minimum atomic E-state index is -1.00. The van der Waals surface area contributed by atoms with Crippen molar-refractivity contribution < 1.29 is 14.7 Å². The molecule has 2 aliphatic rings. The Morgan fingerprint density at radius 1 is 1.22 bits per heavy atom. The van der Waals surface area contributed by atoms with E-state index in [1.54, 1.807) is 0 Å². The average molecular weight is 254 g/mol. The normalized spacial score (nSPS) is 30.4. The molecule has 5 nitrogen and oxygen atoms in total. The van der Waals surface area contributed by atoms with Gasteiger partial charge in [-0.2, -0.15) is 0 Å². The van der Waals surface area contributed by atoms with Crippen LogP contribution in [0.25, 0.3) is 0 Å². The topological polar surface area (TPSA) is 69.6 Å². The number of carbonyl (C=O) groups excluding carboxylic acids is 1. The van der Waals surface area contributed by atoms with Crippen molar-refractivity contribution in [2.24, 2.45) is 11.3 Å². The predicted octanol–water partition coefficient (Wildman–Crippen LogP) is 1.68. The molecule has 0 unspecified atom stereocenters. The molecule has 2 rings (SSSR count). The zero-order valence-corrected chi connectivity index (χ0v) is 11.1. The van der Waals surface area contributed by atoms with Gasteiger partial charge in [0.1, 0.15) is 0 Å². The van der Waals surface area contributed by atoms with Crippen LogP contribution >= 0.6 is 0 Å². The molecule has 2 fully saturated rings. The zero-order chi connectivity index (χ0) is 13.3. The molecule has 18 heavy (non-hydrogen) atoms. The van der Waals surface area contributed by atoms with Gasteiger partial charge < -0.3 is 15.3 Å². The summed E-state index contributed by atoms with van der Waals surface area (Å²) in [5, 5.41) is 11.3. The molecule has 0 aromatic carbocycles. The van der Waals surface area contributed by atoms with Gasteiger partial charge in [-0.1, -0.05) is 13.8 Å². The van der Waals surface area contributed by atoms with Gasteiger partial charge in [-0.25, -0.2) is 4.79 Å². The smallest absolute Gasteiger partial charge is 0.404 e. The second-order valence-corrected chi connectivity index (χ2v) is 6.00. The molecule has 102 valence electrons. The molecule has 1 saturated heterocycles. The predicted molar refractivity (Wildman–Crippen MR) is 67.3 cm³/mol. The molecule has 5 heteroatoms. The molecule has 0 spiro atoms. The van der Waals surface area contributed by atoms with E-state index in [2.05, 4.69) is 5.32 Å². The standard InChI is InChI=1S/C13H22N2O3/c1-13(2)9(8-10(13)14-12(17)18)11(16)15-6-4-3-5-7-15/h9-10,14H,3-8H2,1-2H3,(H,17,18)/t9-,10-/m1/s1. The Kier molecular flexibility index (Phi) is 3.50. The van der Waals surface area contributed by atoms with Gasteiger partial charge in [0, 0.05) is 25.0 Å². The van der Waals surface area contributed by atoms with Gasteiger partial charge in [-0.3, -0.25) is 4.79 Å². The van der Waals surface area contributed by atoms with E-state index in [4.69, 9.17) is 5.11 Å². The lowest BCUT2D eigenvalue weighted by Gasteiger charge is -2.52. The van der Waals surface area contributed by atoms with Crippen LogP contribution in [0, 0.1) is 11.3 Å². The lowest BCUT2D eigenvalue weighted by atomic mass is 9.58. The summed E-state index contributed by atoms with van der Waals surface area (Å²) in [5.41, 5.74) is -0.271. The van der Waals surface area contributed by atoms with E-state index < -0.39 is 6.09 Å². The third-order valence-corrected chi connectivity index (χ3v) is 4.53. The summed E-state index contributed by atoms with van der Waals surface area (Å²) in [6.45, 7) is 5.68. The van der Waals surface area contributed by atoms with E-state index in [-0.39, 0.29) is 23.3 Å². The number of nitrogens with zero attached hydrogens (tertiary/aromatic N) is 1. The van der Waals surface area contributed by atoms with Gasteiger partial charge in [-0.05, 0) is 31.1 Å². The van der Waals surface area contributed by atoms with Crippen LogP contribution in [0.2, 0.25) is 0 Å². The molecule has 0 aromatic heterocycles. The van der Waals surface area contributed by atoms with Crippen molar-refractivity contribution in [2.45, 2.75) is 45.6 Å². The first-order valence-electron chi connectivity index (χ1n) is 6.71. The molecule has 0 bridgehead atoms. The first-order chi connectivity index (χ1) is 8.43. The molecule has 0 radical (unpaired) electrons. The number of amides is 2. The number of likely N-dealkylation sites (tertiary alicyclic amines) is 1. The lowest BCUT2D eigenvalue weighted by molar-refractivity contribution is -0.149. The van der Waals surface area contributed by atoms with Gasteiger partial charge in [0.2, 0.25) is 5.91 Å². The fourth-order valence-electron chi connectivity index (χ4n) is 3.07. The Balaban J connectivity index is 1.94. The summed E-state index contributed by atoms with van der Waals surface area (Å²) in [6.07, 6.45) is 3.03. The maximum absolute atomic E-state index is 12.4. The molecule has 2 atom stereocenters. The second kappa shape index (κ2) is 4.78. The van der Waals surface area contributed by atoms with Crippen molar-refractivity contribution in [3.05, 3.63) is 0 Å². The number of piperidine rings is 1. The van der Waals surface area contributed by atoms with Gasteiger partial charge in [0.15, 0.2) is 0 Å². The highest BCUT2D eigenvalue weighted by Crippen LogP contribution is 2.47. The largest absolute Gasteiger partial charge is 0.465 e. The van der Waals surface area contributed by atoms with Crippen molar-refractivity contribution in [1.82, 2.24) is 10.2 Å². The van der Waals surface area contributed by atoms with Crippen molar-refractivity contribution in [1.29, 1.82) is 0 Å². The van der Waals surface area contributed by atoms with Crippen LogP contribution in [0.15, 0.2) is 0 Å². The van der Waals surface area contributed by atoms with E-state index in [1.807, 2.05) is 18.7 Å². The second-order valence-electron chi connectivity index (χ2n) is 6.00. The van der Waals surface area contributed by atoms with Crippen molar-refractivity contribution >= 4 is 12.0 Å². The van der Waals surface area contributed by atoms with Gasteiger partial charge in [-0.15, -0.1) is 0 Å². The summed E-state index contributed by atoms with van der Waals surface area (Å²) in [7, 11) is 0. The lowest BCUT2D eigenvalue weighted by Crippen LogP contribution is -2.62. The van der Waals surface area contributed by atoms with Crippen molar-refractivity contribution in [2.75, 3.05) is 13.1 Å². The highest BCUT2D eigenvalue weighted by Gasteiger charge is 2.53. The Labute approximate surface area is 108 Å². The Morgan fingerprint density at radius 2 is 1.83 bits per heavy atom. The molecule has 1 aliphatic heterocycles. The molecule has 1 heterocycles. The number of hydrogen-bond acceptors (Lipinski definition) is 2. The molecular formula is C13H22N2O3. The van der Waals surface area contributed by atoms with Crippen LogP contribution in [0.1, 0.15) is 39.5 Å². The maximum Gasteiger partial charge on any atom is 0.404 e. The number of carboxylic acid groups (broad SMARTS) is 1. The fraction of sp³-hybridized carbons (Fsp3) is 0.846. The molecule has 0 aromatic rings. The third-order valence-electron chi connectivity index (χ3n) is 4.53. The highest BCUT2D eigenvalue weighted by atomic mass is 16.4. The third kappa shape index (κ3) is 2.31. The molecule has 1 saturated carbocycles. The zero-order valence-electron chi connectivity index (χ0n) is 11.1. The summed E-state index contributed by atoms with van der Waals surface area (Å²) < 4.78 is 0. The van der Waals surface area contributed by atoms with Gasteiger partial charge in [0.05, 0.1) is 0 Å². The first kappa shape index (κ1) is 13.2. The van der Waals surface area contributed by atoms with Crippen LogP contribution in [0.3, 0.4) is 0 Å². The van der Waals surface area contributed by atoms with E-state index in [0.29, 0.717) is 6.42 Å². The van der Waals surface area contributed by atoms with E-state index in [9.17, 15) is 9.59 Å². The average Bonchev–Trinajstić information content (AvgIpc) is 2.34. The highest BCUT2D eigenvalue weighted by molar-refractivity contribution is 5.81. The van der Waals surface area contributed by atoms with Gasteiger partial charge >= 0.3 is 6.09 Å². The number of nitrogens with one attached hydrogen (secondary N) is 1. The van der Waals surface area contributed by atoms with E-state index in [0.717, 1.165) is 25.9 Å². The number of rotatable bonds is 2. The van der Waals surface area contributed by atoms with E-state index >= 15 is 0 Å². The first-order valence-corrected chi connectivity index (χ1v) is 6.71. The van der Waals surface area contributed by atoms with Crippen LogP contribution in [0.4, 0.5) is 4.79 Å². The summed E-state index contributed by atoms with van der Waals surface area (Å²) >= 11 is 0. The fourth-order valence-corrected chi connectivity index (χ4v) is 3.07. The van der Waals surface area contributed by atoms with Crippen LogP contribution in [-0.2, 0) is 4.79 Å².